The molecule has 0 saturated carbocycles. The monoisotopic (exact) mass is 350 g/mol. The number of nitriles is 1. The molecule has 0 bridgehead atoms. The maximum Gasteiger partial charge on any atom is 0.228 e. The van der Waals surface area contributed by atoms with Crippen molar-refractivity contribution in [2.24, 2.45) is 0 Å². The van der Waals surface area contributed by atoms with Crippen molar-refractivity contribution >= 4 is 11.6 Å². The molecule has 2 aromatic rings. The van der Waals surface area contributed by atoms with E-state index < -0.39 is 5.54 Å². The van der Waals surface area contributed by atoms with Crippen LogP contribution in [0.15, 0.2) is 48.5 Å². The molecular formula is C21H22N2O3. The second kappa shape index (κ2) is 7.09. The molecule has 0 radical (unpaired) electrons. The normalized spacial score (nSPS) is 19.5. The molecule has 0 aromatic heterocycles. The summed E-state index contributed by atoms with van der Waals surface area (Å²) in [5.41, 5.74) is 0.330. The van der Waals surface area contributed by atoms with Crippen LogP contribution >= 0.6 is 0 Å². The number of anilines is 1. The summed E-state index contributed by atoms with van der Waals surface area (Å²) in [4.78, 5) is 14.3. The standard InChI is InChI=1S/C21H22N2O3/c1-15(2)26-17-10-8-16(9-11-17)21(14-22)13-12-20(24)23(21)18-6-4-5-7-19(18)25-3/h4-11,15H,12-13H2,1-3H3. The van der Waals surface area contributed by atoms with E-state index in [1.54, 1.807) is 18.1 Å². The van der Waals surface area contributed by atoms with E-state index in [9.17, 15) is 10.1 Å². The van der Waals surface area contributed by atoms with Crippen LogP contribution in [0, 0.1) is 11.3 Å². The van der Waals surface area contributed by atoms with Crippen LogP contribution < -0.4 is 14.4 Å². The number of ether oxygens (including phenoxy) is 2. The van der Waals surface area contributed by atoms with Gasteiger partial charge in [-0.15, -0.1) is 0 Å². The Bertz CT molecular complexity index is 839. The first-order valence-electron chi connectivity index (χ1n) is 8.66. The van der Waals surface area contributed by atoms with Crippen molar-refractivity contribution in [2.45, 2.75) is 38.3 Å². The van der Waals surface area contributed by atoms with Crippen molar-refractivity contribution in [1.82, 2.24) is 0 Å². The van der Waals surface area contributed by atoms with Crippen molar-refractivity contribution in [2.75, 3.05) is 12.0 Å². The van der Waals surface area contributed by atoms with Gasteiger partial charge in [-0.05, 0) is 50.1 Å². The highest BCUT2D eigenvalue weighted by molar-refractivity contribution is 6.00. The third kappa shape index (κ3) is 2.99. The van der Waals surface area contributed by atoms with Gasteiger partial charge in [0.2, 0.25) is 5.91 Å². The molecule has 0 aliphatic carbocycles. The molecule has 1 saturated heterocycles. The Kier molecular flexibility index (Phi) is 4.85. The van der Waals surface area contributed by atoms with Crippen molar-refractivity contribution in [3.05, 3.63) is 54.1 Å². The number of nitrogens with zero attached hydrogens (tertiary/aromatic N) is 2. The van der Waals surface area contributed by atoms with Gasteiger partial charge in [0, 0.05) is 6.42 Å². The van der Waals surface area contributed by atoms with E-state index in [4.69, 9.17) is 9.47 Å². The molecule has 0 N–H and O–H groups in total. The quantitative estimate of drug-likeness (QED) is 0.817. The fraction of sp³-hybridized carbons (Fsp3) is 0.333. The lowest BCUT2D eigenvalue weighted by molar-refractivity contribution is -0.117. The second-order valence-electron chi connectivity index (χ2n) is 6.56. The molecule has 1 fully saturated rings. The number of amides is 1. The minimum Gasteiger partial charge on any atom is -0.495 e. The van der Waals surface area contributed by atoms with Crippen molar-refractivity contribution in [3.63, 3.8) is 0 Å². The highest BCUT2D eigenvalue weighted by Gasteiger charge is 2.49. The summed E-state index contributed by atoms with van der Waals surface area (Å²) in [6, 6.07) is 17.1. The van der Waals surface area contributed by atoms with Gasteiger partial charge in [-0.1, -0.05) is 24.3 Å². The number of carbonyl (C=O) groups is 1. The van der Waals surface area contributed by atoms with Crippen LogP contribution in [0.25, 0.3) is 0 Å². The Hall–Kier alpha value is -3.00. The first kappa shape index (κ1) is 17.8. The summed E-state index contributed by atoms with van der Waals surface area (Å²) in [7, 11) is 1.56. The first-order chi connectivity index (χ1) is 12.5. The molecule has 1 atom stereocenters. The van der Waals surface area contributed by atoms with Gasteiger partial charge in [0.1, 0.15) is 11.5 Å². The zero-order valence-corrected chi connectivity index (χ0v) is 15.2. The Labute approximate surface area is 153 Å². The topological polar surface area (TPSA) is 62.6 Å². The molecule has 26 heavy (non-hydrogen) atoms. The number of methoxy groups -OCH3 is 1. The average molecular weight is 350 g/mol. The van der Waals surface area contributed by atoms with E-state index in [1.165, 1.54) is 0 Å². The number of hydrogen-bond donors (Lipinski definition) is 0. The summed E-state index contributed by atoms with van der Waals surface area (Å²) < 4.78 is 11.1. The summed E-state index contributed by atoms with van der Waals surface area (Å²) in [6.45, 7) is 3.92. The molecular weight excluding hydrogens is 328 g/mol. The van der Waals surface area contributed by atoms with E-state index in [1.807, 2.05) is 56.3 Å². The summed E-state index contributed by atoms with van der Waals surface area (Å²) in [6.07, 6.45) is 0.824. The number of benzene rings is 2. The summed E-state index contributed by atoms with van der Waals surface area (Å²) in [5.74, 6) is 1.23. The van der Waals surface area contributed by atoms with Crippen molar-refractivity contribution < 1.29 is 14.3 Å². The van der Waals surface area contributed by atoms with Gasteiger partial charge in [0.15, 0.2) is 5.54 Å². The third-order valence-electron chi connectivity index (χ3n) is 4.55. The molecule has 1 amide bonds. The molecule has 2 aromatic carbocycles. The van der Waals surface area contributed by atoms with Crippen LogP contribution in [0.5, 0.6) is 11.5 Å². The molecule has 5 nitrogen and oxygen atoms in total. The second-order valence-corrected chi connectivity index (χ2v) is 6.56. The number of rotatable bonds is 5. The highest BCUT2D eigenvalue weighted by atomic mass is 16.5. The largest absolute Gasteiger partial charge is 0.495 e. The van der Waals surface area contributed by atoms with E-state index >= 15 is 0 Å². The van der Waals surface area contributed by atoms with Gasteiger partial charge in [0.05, 0.1) is 25.0 Å². The van der Waals surface area contributed by atoms with Gasteiger partial charge in [-0.2, -0.15) is 5.26 Å². The molecule has 1 unspecified atom stereocenters. The Morgan fingerprint density at radius 2 is 1.85 bits per heavy atom. The van der Waals surface area contributed by atoms with Gasteiger partial charge in [0.25, 0.3) is 0 Å². The molecule has 5 heteroatoms. The SMILES string of the molecule is COc1ccccc1N1C(=O)CCC1(C#N)c1ccc(OC(C)C)cc1. The highest BCUT2D eigenvalue weighted by Crippen LogP contribution is 2.45. The fourth-order valence-electron chi connectivity index (χ4n) is 3.40. The zero-order chi connectivity index (χ0) is 18.7. The Balaban J connectivity index is 2.07. The first-order valence-corrected chi connectivity index (χ1v) is 8.66. The third-order valence-corrected chi connectivity index (χ3v) is 4.55. The van der Waals surface area contributed by atoms with Gasteiger partial charge >= 0.3 is 0 Å². The predicted molar refractivity (Wildman–Crippen MR) is 99.2 cm³/mol. The lowest BCUT2D eigenvalue weighted by Crippen LogP contribution is -2.42. The van der Waals surface area contributed by atoms with E-state index in [0.29, 0.717) is 24.3 Å². The van der Waals surface area contributed by atoms with Gasteiger partial charge in [-0.3, -0.25) is 9.69 Å². The Morgan fingerprint density at radius 1 is 1.15 bits per heavy atom. The van der Waals surface area contributed by atoms with Crippen LogP contribution in [-0.4, -0.2) is 19.1 Å². The maximum absolute atomic E-state index is 12.7. The molecule has 0 spiro atoms. The van der Waals surface area contributed by atoms with Crippen molar-refractivity contribution in [3.8, 4) is 17.6 Å². The van der Waals surface area contributed by atoms with Crippen LogP contribution in [0.2, 0.25) is 0 Å². The maximum atomic E-state index is 12.7. The Morgan fingerprint density at radius 3 is 2.46 bits per heavy atom. The van der Waals surface area contributed by atoms with Gasteiger partial charge < -0.3 is 9.47 Å². The van der Waals surface area contributed by atoms with E-state index in [-0.39, 0.29) is 12.0 Å². The smallest absolute Gasteiger partial charge is 0.228 e. The predicted octanol–water partition coefficient (Wildman–Crippen LogP) is 4.03. The van der Waals surface area contributed by atoms with Crippen molar-refractivity contribution in [1.29, 1.82) is 5.26 Å². The van der Waals surface area contributed by atoms with Crippen LogP contribution in [0.1, 0.15) is 32.3 Å². The summed E-state index contributed by atoms with van der Waals surface area (Å²) in [5, 5.41) is 10.1. The van der Waals surface area contributed by atoms with Gasteiger partial charge in [-0.25, -0.2) is 0 Å². The lowest BCUT2D eigenvalue weighted by Gasteiger charge is -2.33. The zero-order valence-electron chi connectivity index (χ0n) is 15.2. The lowest BCUT2D eigenvalue weighted by atomic mass is 9.88. The van der Waals surface area contributed by atoms with E-state index in [0.717, 1.165) is 11.3 Å². The molecule has 1 heterocycles. The van der Waals surface area contributed by atoms with Crippen LogP contribution in [0.4, 0.5) is 5.69 Å². The molecule has 3 rings (SSSR count). The fourth-order valence-corrected chi connectivity index (χ4v) is 3.40. The number of hydrogen-bond acceptors (Lipinski definition) is 4. The average Bonchev–Trinajstić information content (AvgIpc) is 2.99. The molecule has 1 aliphatic rings. The minimum atomic E-state index is -1.05. The number of carbonyl (C=O) groups excluding carboxylic acids is 1. The summed E-state index contributed by atoms with van der Waals surface area (Å²) >= 11 is 0. The molecule has 134 valence electrons. The van der Waals surface area contributed by atoms with Crippen LogP contribution in [-0.2, 0) is 10.3 Å². The van der Waals surface area contributed by atoms with Crippen LogP contribution in [0.3, 0.4) is 0 Å². The number of para-hydroxylation sites is 2. The molecule has 1 aliphatic heterocycles. The van der Waals surface area contributed by atoms with E-state index in [2.05, 4.69) is 6.07 Å². The minimum absolute atomic E-state index is 0.0731.